The normalized spacial score (nSPS) is 17.3. The Balaban J connectivity index is 2.15. The second-order valence-corrected chi connectivity index (χ2v) is 3.36. The zero-order valence-corrected chi connectivity index (χ0v) is 7.77. The highest BCUT2D eigenvalue weighted by molar-refractivity contribution is 5.06. The van der Waals surface area contributed by atoms with Crippen LogP contribution in [0.15, 0.2) is 11.8 Å². The number of hydrogen-bond acceptors (Lipinski definition) is 1. The summed E-state index contributed by atoms with van der Waals surface area (Å²) < 4.78 is 0. The maximum Gasteiger partial charge on any atom is 0.0206 e. The average molecular weight is 153 g/mol. The number of rotatable bonds is 4. The van der Waals surface area contributed by atoms with Gasteiger partial charge < -0.3 is 4.90 Å². The van der Waals surface area contributed by atoms with Gasteiger partial charge in [0.05, 0.1) is 0 Å². The molecule has 0 unspecified atom stereocenters. The minimum atomic E-state index is 1.24. The molecule has 64 valence electrons. The summed E-state index contributed by atoms with van der Waals surface area (Å²) >= 11 is 0. The number of nitrogens with zero attached hydrogens (tertiary/aromatic N) is 1. The minimum absolute atomic E-state index is 1.24. The standard InChI is InChI=1S/C10H19N/c1-3-4-5-7-10-8-6-9-11(10)2/h8H,3-7,9H2,1-2H3. The molecule has 0 amide bonds. The molecule has 0 radical (unpaired) electrons. The lowest BCUT2D eigenvalue weighted by atomic mass is 10.1. The van der Waals surface area contributed by atoms with Crippen LogP contribution in [0.5, 0.6) is 0 Å². The number of allylic oxidation sites excluding steroid dienone is 1. The van der Waals surface area contributed by atoms with E-state index in [2.05, 4.69) is 24.9 Å². The Kier molecular flexibility index (Phi) is 3.47. The largest absolute Gasteiger partial charge is 0.378 e. The van der Waals surface area contributed by atoms with Crippen LogP contribution in [0.2, 0.25) is 0 Å². The zero-order chi connectivity index (χ0) is 8.10. The highest BCUT2D eigenvalue weighted by atomic mass is 15.1. The van der Waals surface area contributed by atoms with Crippen molar-refractivity contribution in [3.05, 3.63) is 11.8 Å². The Morgan fingerprint density at radius 2 is 2.27 bits per heavy atom. The highest BCUT2D eigenvalue weighted by Crippen LogP contribution is 2.18. The van der Waals surface area contributed by atoms with Gasteiger partial charge in [-0.05, 0) is 19.3 Å². The summed E-state index contributed by atoms with van der Waals surface area (Å²) in [5.74, 6) is 0. The van der Waals surface area contributed by atoms with Crippen molar-refractivity contribution in [2.45, 2.75) is 39.0 Å². The predicted octanol–water partition coefficient (Wildman–Crippen LogP) is 2.79. The maximum atomic E-state index is 2.38. The topological polar surface area (TPSA) is 3.24 Å². The summed E-state index contributed by atoms with van der Waals surface area (Å²) in [7, 11) is 2.20. The van der Waals surface area contributed by atoms with Crippen LogP contribution >= 0.6 is 0 Å². The molecule has 0 aromatic rings. The van der Waals surface area contributed by atoms with Crippen molar-refractivity contribution in [3.63, 3.8) is 0 Å². The van der Waals surface area contributed by atoms with Crippen LogP contribution in [0, 0.1) is 0 Å². The van der Waals surface area contributed by atoms with Crippen molar-refractivity contribution in [1.82, 2.24) is 4.90 Å². The summed E-state index contributed by atoms with van der Waals surface area (Å²) in [5.41, 5.74) is 1.57. The van der Waals surface area contributed by atoms with E-state index in [4.69, 9.17) is 0 Å². The molecule has 0 fully saturated rings. The second-order valence-electron chi connectivity index (χ2n) is 3.36. The van der Waals surface area contributed by atoms with Crippen molar-refractivity contribution in [2.75, 3.05) is 13.6 Å². The van der Waals surface area contributed by atoms with E-state index < -0.39 is 0 Å². The van der Waals surface area contributed by atoms with Gasteiger partial charge in [0.1, 0.15) is 0 Å². The Morgan fingerprint density at radius 3 is 2.82 bits per heavy atom. The summed E-state index contributed by atoms with van der Waals surface area (Å²) in [6.07, 6.45) is 9.02. The van der Waals surface area contributed by atoms with Crippen molar-refractivity contribution in [2.24, 2.45) is 0 Å². The van der Waals surface area contributed by atoms with E-state index in [1.807, 2.05) is 0 Å². The van der Waals surface area contributed by atoms with Gasteiger partial charge in [-0.1, -0.05) is 25.8 Å². The van der Waals surface area contributed by atoms with Crippen molar-refractivity contribution in [3.8, 4) is 0 Å². The van der Waals surface area contributed by atoms with Gasteiger partial charge in [0.25, 0.3) is 0 Å². The molecule has 0 N–H and O–H groups in total. The third-order valence-electron chi connectivity index (χ3n) is 2.37. The quantitative estimate of drug-likeness (QED) is 0.561. The van der Waals surface area contributed by atoms with Gasteiger partial charge in [-0.15, -0.1) is 0 Å². The first kappa shape index (κ1) is 8.63. The number of unbranched alkanes of at least 4 members (excludes halogenated alkanes) is 2. The molecule has 0 aliphatic carbocycles. The van der Waals surface area contributed by atoms with E-state index in [9.17, 15) is 0 Å². The third-order valence-corrected chi connectivity index (χ3v) is 2.37. The Morgan fingerprint density at radius 1 is 1.45 bits per heavy atom. The summed E-state index contributed by atoms with van der Waals surface area (Å²) in [6.45, 7) is 3.49. The fraction of sp³-hybridized carbons (Fsp3) is 0.800. The fourth-order valence-corrected chi connectivity index (χ4v) is 1.57. The van der Waals surface area contributed by atoms with Crippen LogP contribution in [0.4, 0.5) is 0 Å². The zero-order valence-electron chi connectivity index (χ0n) is 7.77. The van der Waals surface area contributed by atoms with Crippen LogP contribution in [0.3, 0.4) is 0 Å². The minimum Gasteiger partial charge on any atom is -0.378 e. The van der Waals surface area contributed by atoms with Crippen LogP contribution in [0.1, 0.15) is 39.0 Å². The molecule has 1 rings (SSSR count). The second kappa shape index (κ2) is 4.42. The Labute approximate surface area is 70.1 Å². The summed E-state index contributed by atoms with van der Waals surface area (Å²) in [5, 5.41) is 0. The van der Waals surface area contributed by atoms with E-state index in [1.54, 1.807) is 5.70 Å². The molecule has 0 spiro atoms. The van der Waals surface area contributed by atoms with Crippen molar-refractivity contribution < 1.29 is 0 Å². The fourth-order valence-electron chi connectivity index (χ4n) is 1.57. The van der Waals surface area contributed by atoms with Crippen LogP contribution in [-0.2, 0) is 0 Å². The molecule has 1 nitrogen and oxygen atoms in total. The van der Waals surface area contributed by atoms with E-state index in [-0.39, 0.29) is 0 Å². The lowest BCUT2D eigenvalue weighted by Gasteiger charge is -2.15. The molecular formula is C10H19N. The average Bonchev–Trinajstić information content (AvgIpc) is 2.37. The van der Waals surface area contributed by atoms with Gasteiger partial charge in [0.2, 0.25) is 0 Å². The molecular weight excluding hydrogens is 134 g/mol. The molecule has 1 heterocycles. The van der Waals surface area contributed by atoms with Gasteiger partial charge in [-0.3, -0.25) is 0 Å². The summed E-state index contributed by atoms with van der Waals surface area (Å²) in [6, 6.07) is 0. The molecule has 11 heavy (non-hydrogen) atoms. The van der Waals surface area contributed by atoms with E-state index in [1.165, 1.54) is 38.6 Å². The molecule has 1 aliphatic heterocycles. The lowest BCUT2D eigenvalue weighted by molar-refractivity contribution is 0.435. The van der Waals surface area contributed by atoms with E-state index >= 15 is 0 Å². The first-order valence-electron chi connectivity index (χ1n) is 4.74. The summed E-state index contributed by atoms with van der Waals surface area (Å²) in [4.78, 5) is 2.38. The van der Waals surface area contributed by atoms with Crippen LogP contribution in [-0.4, -0.2) is 18.5 Å². The van der Waals surface area contributed by atoms with E-state index in [0.717, 1.165) is 0 Å². The first-order chi connectivity index (χ1) is 5.34. The van der Waals surface area contributed by atoms with Gasteiger partial charge in [0.15, 0.2) is 0 Å². The molecule has 0 bridgehead atoms. The molecule has 0 saturated heterocycles. The molecule has 1 heteroatoms. The SMILES string of the molecule is CCCCCC1=CCCN1C. The first-order valence-corrected chi connectivity index (χ1v) is 4.74. The van der Waals surface area contributed by atoms with Gasteiger partial charge >= 0.3 is 0 Å². The lowest BCUT2D eigenvalue weighted by Crippen LogP contribution is -2.12. The Bertz CT molecular complexity index is 138. The molecule has 1 aliphatic rings. The molecule has 0 aromatic heterocycles. The molecule has 0 saturated carbocycles. The monoisotopic (exact) mass is 153 g/mol. The Hall–Kier alpha value is -0.460. The molecule has 0 aromatic carbocycles. The number of hydrogen-bond donors (Lipinski definition) is 0. The van der Waals surface area contributed by atoms with Crippen molar-refractivity contribution >= 4 is 0 Å². The van der Waals surface area contributed by atoms with E-state index in [0.29, 0.717) is 0 Å². The highest BCUT2D eigenvalue weighted by Gasteiger charge is 2.08. The smallest absolute Gasteiger partial charge is 0.0206 e. The maximum absolute atomic E-state index is 2.38. The van der Waals surface area contributed by atoms with Crippen LogP contribution < -0.4 is 0 Å². The van der Waals surface area contributed by atoms with Crippen molar-refractivity contribution in [1.29, 1.82) is 0 Å². The predicted molar refractivity (Wildman–Crippen MR) is 49.5 cm³/mol. The molecule has 0 atom stereocenters. The van der Waals surface area contributed by atoms with Gasteiger partial charge in [0, 0.05) is 19.3 Å². The van der Waals surface area contributed by atoms with Gasteiger partial charge in [-0.2, -0.15) is 0 Å². The third kappa shape index (κ3) is 2.57. The van der Waals surface area contributed by atoms with Crippen LogP contribution in [0.25, 0.3) is 0 Å². The van der Waals surface area contributed by atoms with Gasteiger partial charge in [-0.25, -0.2) is 0 Å².